The van der Waals surface area contributed by atoms with Crippen molar-refractivity contribution in [3.05, 3.63) is 22.8 Å². The number of rotatable bonds is 6. The van der Waals surface area contributed by atoms with Crippen LogP contribution < -0.4 is 10.5 Å². The number of halogens is 1. The SMILES string of the molecule is C#CC/C(Cl)=C\C(=C/C)CS(=O)(=O)NC.NCC1CCCCC1. The third kappa shape index (κ3) is 11.4. The molecule has 0 heterocycles. The fourth-order valence-corrected chi connectivity index (χ4v) is 3.32. The van der Waals surface area contributed by atoms with Gasteiger partial charge >= 0.3 is 0 Å². The van der Waals surface area contributed by atoms with Gasteiger partial charge in [0.15, 0.2) is 0 Å². The van der Waals surface area contributed by atoms with E-state index in [4.69, 9.17) is 23.8 Å². The van der Waals surface area contributed by atoms with Gasteiger partial charge in [0.05, 0.1) is 5.75 Å². The molecule has 0 spiro atoms. The number of sulfonamides is 1. The van der Waals surface area contributed by atoms with E-state index < -0.39 is 10.0 Å². The van der Waals surface area contributed by atoms with Crippen molar-refractivity contribution in [3.63, 3.8) is 0 Å². The van der Waals surface area contributed by atoms with E-state index in [9.17, 15) is 8.42 Å². The van der Waals surface area contributed by atoms with Crippen molar-refractivity contribution in [1.82, 2.24) is 4.72 Å². The number of hydrogen-bond donors (Lipinski definition) is 2. The predicted octanol–water partition coefficient (Wildman–Crippen LogP) is 3.15. The molecule has 4 nitrogen and oxygen atoms in total. The molecule has 0 amide bonds. The zero-order valence-electron chi connectivity index (χ0n) is 14.1. The van der Waals surface area contributed by atoms with Crippen molar-refractivity contribution >= 4 is 21.6 Å². The molecule has 0 aliphatic heterocycles. The third-order valence-electron chi connectivity index (χ3n) is 3.71. The first-order valence-electron chi connectivity index (χ1n) is 7.94. The molecular formula is C17H29ClN2O2S. The van der Waals surface area contributed by atoms with Crippen LogP contribution in [0.15, 0.2) is 22.8 Å². The van der Waals surface area contributed by atoms with Crippen molar-refractivity contribution in [2.24, 2.45) is 11.7 Å². The molecule has 6 heteroatoms. The minimum atomic E-state index is -3.26. The molecule has 0 aromatic carbocycles. The summed E-state index contributed by atoms with van der Waals surface area (Å²) in [6, 6.07) is 0. The molecule has 0 unspecified atom stereocenters. The van der Waals surface area contributed by atoms with E-state index >= 15 is 0 Å². The summed E-state index contributed by atoms with van der Waals surface area (Å²) >= 11 is 5.79. The van der Waals surface area contributed by atoms with Gasteiger partial charge in [-0.05, 0) is 50.9 Å². The van der Waals surface area contributed by atoms with Gasteiger partial charge in [-0.15, -0.1) is 12.3 Å². The molecular weight excluding hydrogens is 332 g/mol. The molecule has 132 valence electrons. The number of nitrogens with one attached hydrogen (secondary N) is 1. The topological polar surface area (TPSA) is 72.2 Å². The highest BCUT2D eigenvalue weighted by Crippen LogP contribution is 2.21. The van der Waals surface area contributed by atoms with Crippen molar-refractivity contribution in [2.45, 2.75) is 45.4 Å². The second-order valence-corrected chi connectivity index (χ2v) is 7.95. The Labute approximate surface area is 146 Å². The van der Waals surface area contributed by atoms with E-state index in [0.29, 0.717) is 17.0 Å². The lowest BCUT2D eigenvalue weighted by Gasteiger charge is -2.18. The largest absolute Gasteiger partial charge is 0.330 e. The summed E-state index contributed by atoms with van der Waals surface area (Å²) in [6.45, 7) is 2.66. The van der Waals surface area contributed by atoms with Gasteiger partial charge in [0.25, 0.3) is 0 Å². The summed E-state index contributed by atoms with van der Waals surface area (Å²) < 4.78 is 24.7. The van der Waals surface area contributed by atoms with Crippen LogP contribution in [0.3, 0.4) is 0 Å². The first kappa shape index (κ1) is 22.2. The highest BCUT2D eigenvalue weighted by molar-refractivity contribution is 7.89. The van der Waals surface area contributed by atoms with Gasteiger partial charge in [-0.1, -0.05) is 36.9 Å². The number of terminal acetylenes is 1. The molecule has 1 saturated carbocycles. The smallest absolute Gasteiger partial charge is 0.215 e. The van der Waals surface area contributed by atoms with Crippen LogP contribution in [0.25, 0.3) is 0 Å². The lowest BCUT2D eigenvalue weighted by Crippen LogP contribution is -2.22. The Bertz CT molecular complexity index is 527. The van der Waals surface area contributed by atoms with Crippen LogP contribution in [-0.2, 0) is 10.0 Å². The Morgan fingerprint density at radius 1 is 1.39 bits per heavy atom. The number of hydrogen-bond acceptors (Lipinski definition) is 3. The van der Waals surface area contributed by atoms with Gasteiger partial charge < -0.3 is 5.73 Å². The van der Waals surface area contributed by atoms with Gasteiger partial charge in [0.2, 0.25) is 10.0 Å². The van der Waals surface area contributed by atoms with Crippen molar-refractivity contribution in [1.29, 1.82) is 0 Å². The average molecular weight is 361 g/mol. The Morgan fingerprint density at radius 3 is 2.39 bits per heavy atom. The monoisotopic (exact) mass is 360 g/mol. The Hall–Kier alpha value is -0.800. The molecule has 1 rings (SSSR count). The average Bonchev–Trinajstić information content (AvgIpc) is 2.55. The Morgan fingerprint density at radius 2 is 2.00 bits per heavy atom. The molecule has 1 aliphatic rings. The van der Waals surface area contributed by atoms with Crippen LogP contribution in [0.5, 0.6) is 0 Å². The van der Waals surface area contributed by atoms with Crippen LogP contribution in [-0.4, -0.2) is 27.8 Å². The van der Waals surface area contributed by atoms with Gasteiger partial charge in [0, 0.05) is 11.5 Å². The van der Waals surface area contributed by atoms with Gasteiger partial charge in [-0.25, -0.2) is 13.1 Å². The molecule has 0 radical (unpaired) electrons. The third-order valence-corrected chi connectivity index (χ3v) is 5.29. The first-order valence-corrected chi connectivity index (χ1v) is 9.97. The standard InChI is InChI=1S/C10H14ClNO2S.C7H15N/c1-4-6-10(11)7-9(5-2)8-15(13,14)12-3;8-6-7-4-2-1-3-5-7/h1,5,7,12H,6,8H2,2-3H3;7H,1-6,8H2/b9-5+,10-7+;. The predicted molar refractivity (Wildman–Crippen MR) is 99.6 cm³/mol. The molecule has 0 aromatic heterocycles. The van der Waals surface area contributed by atoms with Crippen molar-refractivity contribution < 1.29 is 8.42 Å². The quantitative estimate of drug-likeness (QED) is 0.564. The van der Waals surface area contributed by atoms with Gasteiger partial charge in [-0.3, -0.25) is 0 Å². The van der Waals surface area contributed by atoms with E-state index in [1.165, 1.54) is 39.2 Å². The fraction of sp³-hybridized carbons (Fsp3) is 0.647. The highest BCUT2D eigenvalue weighted by Gasteiger charge is 2.10. The molecule has 0 atom stereocenters. The first-order chi connectivity index (χ1) is 10.9. The van der Waals surface area contributed by atoms with Crippen LogP contribution in [0.1, 0.15) is 45.4 Å². The maximum absolute atomic E-state index is 11.2. The summed E-state index contributed by atoms with van der Waals surface area (Å²) in [4.78, 5) is 0. The van der Waals surface area contributed by atoms with Crippen LogP contribution in [0.4, 0.5) is 0 Å². The summed E-state index contributed by atoms with van der Waals surface area (Å²) in [5.41, 5.74) is 6.12. The van der Waals surface area contributed by atoms with Gasteiger partial charge in [0.1, 0.15) is 0 Å². The van der Waals surface area contributed by atoms with Crippen LogP contribution in [0.2, 0.25) is 0 Å². The minimum Gasteiger partial charge on any atom is -0.330 e. The maximum atomic E-state index is 11.2. The van der Waals surface area contributed by atoms with Gasteiger partial charge in [-0.2, -0.15) is 0 Å². The summed E-state index contributed by atoms with van der Waals surface area (Å²) in [5, 5.41) is 0.455. The Kier molecular flexibility index (Phi) is 12.2. The van der Waals surface area contributed by atoms with Crippen molar-refractivity contribution in [3.8, 4) is 12.3 Å². The number of allylic oxidation sites excluding steroid dienone is 3. The van der Waals surface area contributed by atoms with E-state index in [0.717, 1.165) is 12.5 Å². The maximum Gasteiger partial charge on any atom is 0.215 e. The zero-order chi connectivity index (χ0) is 17.7. The molecule has 0 bridgehead atoms. The molecule has 0 saturated heterocycles. The highest BCUT2D eigenvalue weighted by atomic mass is 35.5. The lowest BCUT2D eigenvalue weighted by molar-refractivity contribution is 0.366. The minimum absolute atomic E-state index is 0.0964. The summed E-state index contributed by atoms with van der Waals surface area (Å²) in [7, 11) is -1.89. The second kappa shape index (κ2) is 12.6. The van der Waals surface area contributed by atoms with Crippen molar-refractivity contribution in [2.75, 3.05) is 19.3 Å². The normalized spacial score (nSPS) is 17.2. The summed E-state index contributed by atoms with van der Waals surface area (Å²) in [6.07, 6.45) is 15.7. The molecule has 1 fully saturated rings. The molecule has 1 aliphatic carbocycles. The fourth-order valence-electron chi connectivity index (χ4n) is 2.27. The lowest BCUT2D eigenvalue weighted by atomic mass is 9.90. The van der Waals surface area contributed by atoms with E-state index in [-0.39, 0.29) is 5.75 Å². The molecule has 3 N–H and O–H groups in total. The Balaban J connectivity index is 0.000000502. The van der Waals surface area contributed by atoms with E-state index in [1.807, 2.05) is 0 Å². The summed E-state index contributed by atoms with van der Waals surface area (Å²) in [5.74, 6) is 3.15. The molecule has 23 heavy (non-hydrogen) atoms. The van der Waals surface area contributed by atoms with E-state index in [2.05, 4.69) is 10.6 Å². The molecule has 0 aromatic rings. The second-order valence-electron chi connectivity index (χ2n) is 5.54. The van der Waals surface area contributed by atoms with Crippen LogP contribution >= 0.6 is 11.6 Å². The zero-order valence-corrected chi connectivity index (χ0v) is 15.7. The van der Waals surface area contributed by atoms with E-state index in [1.54, 1.807) is 19.1 Å². The van der Waals surface area contributed by atoms with Crippen LogP contribution in [0, 0.1) is 18.3 Å². The number of nitrogens with two attached hydrogens (primary N) is 1.